The summed E-state index contributed by atoms with van der Waals surface area (Å²) in [7, 11) is 1.57. The van der Waals surface area contributed by atoms with Crippen molar-refractivity contribution in [3.63, 3.8) is 0 Å². The number of anilines is 2. The molecule has 2 fully saturated rings. The molecule has 0 radical (unpaired) electrons. The molecule has 2 aliphatic rings. The monoisotopic (exact) mass is 526 g/mol. The molecule has 1 N–H and O–H groups in total. The summed E-state index contributed by atoms with van der Waals surface area (Å²) in [5.41, 5.74) is 3.12. The number of hydrogen-bond donors (Lipinski definition) is 1. The highest BCUT2D eigenvalue weighted by Gasteiger charge is 2.33. The molecule has 3 aromatic heterocycles. The molecule has 0 aromatic carbocycles. The van der Waals surface area contributed by atoms with E-state index in [1.165, 1.54) is 18.5 Å². The number of aromatic nitrogens is 5. The Balaban J connectivity index is 1.51. The van der Waals surface area contributed by atoms with Gasteiger partial charge in [0.1, 0.15) is 0 Å². The number of halogens is 1. The molecule has 4 heterocycles. The minimum atomic E-state index is 0.407. The van der Waals surface area contributed by atoms with E-state index in [0.29, 0.717) is 30.4 Å². The molecule has 0 unspecified atom stereocenters. The first-order chi connectivity index (χ1) is 14.3. The molecule has 1 aliphatic heterocycles. The quantitative estimate of drug-likeness (QED) is 0.442. The first-order valence-electron chi connectivity index (χ1n) is 10.0. The zero-order chi connectivity index (χ0) is 19.8. The largest absolute Gasteiger partial charge is 0.477 e. The normalized spacial score (nSPS) is 17.7. The van der Waals surface area contributed by atoms with Gasteiger partial charge < -0.3 is 14.8 Å². The summed E-state index contributed by atoms with van der Waals surface area (Å²) >= 11 is 2.25. The number of hydrogen-bond acceptors (Lipinski definition) is 7. The van der Waals surface area contributed by atoms with E-state index in [0.717, 1.165) is 42.8 Å². The van der Waals surface area contributed by atoms with E-state index in [-0.39, 0.29) is 0 Å². The van der Waals surface area contributed by atoms with E-state index in [1.807, 2.05) is 29.4 Å². The fourth-order valence-corrected chi connectivity index (χ4v) is 5.16. The molecule has 3 aromatic rings. The van der Waals surface area contributed by atoms with Crippen LogP contribution < -0.4 is 10.1 Å². The maximum Gasteiger partial charge on any atom is 0.232 e. The Morgan fingerprint density at radius 3 is 2.83 bits per heavy atom. The van der Waals surface area contributed by atoms with Crippen molar-refractivity contribution in [2.45, 2.75) is 44.6 Å². The fourth-order valence-electron chi connectivity index (χ4n) is 3.90. The molecule has 0 bridgehead atoms. The Morgan fingerprint density at radius 2 is 2.10 bits per heavy atom. The minimum absolute atomic E-state index is 0.407. The third-order valence-corrected chi connectivity index (χ3v) is 7.13. The first-order valence-corrected chi connectivity index (χ1v) is 13.3. The molecule has 5 rings (SSSR count). The lowest BCUT2D eigenvalue weighted by atomic mass is 10.1. The van der Waals surface area contributed by atoms with Crippen molar-refractivity contribution >= 4 is 53.0 Å². The Kier molecular flexibility index (Phi) is 5.57. The summed E-state index contributed by atoms with van der Waals surface area (Å²) in [5.74, 6) is 1.71. The topological polar surface area (TPSA) is 79.0 Å². The number of ether oxygens (including phenoxy) is 2. The first kappa shape index (κ1) is 19.4. The van der Waals surface area contributed by atoms with Crippen LogP contribution in [-0.4, -0.2) is 43.5 Å². The van der Waals surface area contributed by atoms with E-state index in [2.05, 4.69) is 36.2 Å². The highest BCUT2D eigenvalue weighted by Crippen LogP contribution is 2.45. The van der Waals surface area contributed by atoms with Gasteiger partial charge in [0.25, 0.3) is 0 Å². The molecule has 1 saturated heterocycles. The molecular formula is C19H23IN6O2S. The van der Waals surface area contributed by atoms with Gasteiger partial charge in [-0.3, -0.25) is 8.65 Å². The van der Waals surface area contributed by atoms with Crippen LogP contribution in [0.3, 0.4) is 0 Å². The number of rotatable bonds is 7. The predicted molar refractivity (Wildman–Crippen MR) is 122 cm³/mol. The van der Waals surface area contributed by atoms with Crippen molar-refractivity contribution in [3.05, 3.63) is 24.2 Å². The van der Waals surface area contributed by atoms with Gasteiger partial charge in [-0.05, 0) is 38.7 Å². The van der Waals surface area contributed by atoms with Crippen LogP contribution in [0.5, 0.6) is 5.88 Å². The molecule has 0 atom stereocenters. The second kappa shape index (κ2) is 8.31. The van der Waals surface area contributed by atoms with Crippen molar-refractivity contribution in [2.24, 2.45) is 0 Å². The van der Waals surface area contributed by atoms with Gasteiger partial charge in [-0.1, -0.05) is 0 Å². The zero-order valence-corrected chi connectivity index (χ0v) is 19.1. The summed E-state index contributed by atoms with van der Waals surface area (Å²) in [6.45, 7) is 4.14. The summed E-state index contributed by atoms with van der Waals surface area (Å²) in [6, 6.07) is 2.40. The van der Waals surface area contributed by atoms with E-state index in [9.17, 15) is 0 Å². The van der Waals surface area contributed by atoms with E-state index >= 15 is 0 Å². The summed E-state index contributed by atoms with van der Waals surface area (Å²) < 4.78 is 15.6. The second-order valence-corrected chi connectivity index (χ2v) is 9.08. The average Bonchev–Trinajstić information content (AvgIpc) is 3.36. The number of nitrogens with zero attached hydrogens (tertiary/aromatic N) is 5. The predicted octanol–water partition coefficient (Wildman–Crippen LogP) is 4.85. The number of nitrogens with one attached hydrogen (secondary N) is 1. The van der Waals surface area contributed by atoms with Gasteiger partial charge in [0.15, 0.2) is 5.65 Å². The van der Waals surface area contributed by atoms with Crippen LogP contribution in [0.1, 0.15) is 50.3 Å². The van der Waals surface area contributed by atoms with Gasteiger partial charge in [0.05, 0.1) is 35.6 Å². The number of fused-ring (bicyclic) bond motifs is 1. The molecule has 29 heavy (non-hydrogen) atoms. The molecular weight excluding hydrogens is 503 g/mol. The molecule has 0 spiro atoms. The van der Waals surface area contributed by atoms with Gasteiger partial charge in [0.2, 0.25) is 11.8 Å². The van der Waals surface area contributed by atoms with Gasteiger partial charge in [0, 0.05) is 55.7 Å². The Hall–Kier alpha value is -1.53. The second-order valence-electron chi connectivity index (χ2n) is 7.36. The Morgan fingerprint density at radius 1 is 1.28 bits per heavy atom. The minimum Gasteiger partial charge on any atom is -0.477 e. The lowest BCUT2D eigenvalue weighted by molar-refractivity contribution is 0.0654. The van der Waals surface area contributed by atoms with Crippen molar-refractivity contribution in [3.8, 4) is 5.88 Å². The van der Waals surface area contributed by atoms with Crippen molar-refractivity contribution in [1.82, 2.24) is 23.7 Å². The molecule has 1 aliphatic carbocycles. The SMILES string of the molecule is CCOc1nc(Nc2cnn(C3CCOCC3)c2C2CC2)nc2c1ccn2SI. The van der Waals surface area contributed by atoms with Gasteiger partial charge in [-0.25, -0.2) is 0 Å². The summed E-state index contributed by atoms with van der Waals surface area (Å²) in [6.07, 6.45) is 8.35. The van der Waals surface area contributed by atoms with E-state index in [4.69, 9.17) is 19.6 Å². The smallest absolute Gasteiger partial charge is 0.232 e. The molecule has 1 saturated carbocycles. The lowest BCUT2D eigenvalue weighted by Gasteiger charge is -2.24. The zero-order valence-electron chi connectivity index (χ0n) is 16.2. The van der Waals surface area contributed by atoms with Crippen LogP contribution in [0.15, 0.2) is 18.5 Å². The van der Waals surface area contributed by atoms with Crippen molar-refractivity contribution < 1.29 is 9.47 Å². The van der Waals surface area contributed by atoms with Gasteiger partial charge in [-0.15, -0.1) is 0 Å². The maximum absolute atomic E-state index is 5.79. The van der Waals surface area contributed by atoms with Crippen molar-refractivity contribution in [2.75, 3.05) is 25.1 Å². The fraction of sp³-hybridized carbons (Fsp3) is 0.526. The Bertz CT molecular complexity index is 1010. The van der Waals surface area contributed by atoms with Crippen LogP contribution in [0.4, 0.5) is 11.6 Å². The Labute approximate surface area is 185 Å². The summed E-state index contributed by atoms with van der Waals surface area (Å²) in [5, 5.41) is 9.11. The van der Waals surface area contributed by atoms with Crippen LogP contribution in [0.25, 0.3) is 11.0 Å². The van der Waals surface area contributed by atoms with Gasteiger partial charge in [-0.2, -0.15) is 15.1 Å². The highest BCUT2D eigenvalue weighted by atomic mass is 127. The molecule has 154 valence electrons. The highest BCUT2D eigenvalue weighted by molar-refractivity contribution is 14.2. The van der Waals surface area contributed by atoms with E-state index in [1.54, 1.807) is 9.12 Å². The van der Waals surface area contributed by atoms with Crippen LogP contribution in [0.2, 0.25) is 0 Å². The van der Waals surface area contributed by atoms with Crippen LogP contribution in [-0.2, 0) is 4.74 Å². The molecule has 0 amide bonds. The lowest BCUT2D eigenvalue weighted by Crippen LogP contribution is -2.22. The summed E-state index contributed by atoms with van der Waals surface area (Å²) in [4.78, 5) is 9.41. The van der Waals surface area contributed by atoms with Gasteiger partial charge >= 0.3 is 0 Å². The maximum atomic E-state index is 5.79. The standard InChI is InChI=1S/C19H23IN6O2S/c1-2-28-18-14-5-8-25(29-20)17(14)23-19(24-18)22-15-11-21-26(16(15)12-3-4-12)13-6-9-27-10-7-13/h5,8,11-13H,2-4,6-7,9-10H2,1H3,(H,22,23,24). The van der Waals surface area contributed by atoms with Crippen molar-refractivity contribution in [1.29, 1.82) is 0 Å². The third-order valence-electron chi connectivity index (χ3n) is 5.41. The average molecular weight is 526 g/mol. The molecule has 10 heteroatoms. The van der Waals surface area contributed by atoms with E-state index < -0.39 is 0 Å². The third kappa shape index (κ3) is 3.81. The van der Waals surface area contributed by atoms with Crippen LogP contribution >= 0.6 is 30.3 Å². The molecule has 8 nitrogen and oxygen atoms in total. The van der Waals surface area contributed by atoms with Crippen LogP contribution in [0, 0.1) is 0 Å².